The number of nitrogens with zero attached hydrogens (tertiary/aromatic N) is 6. The van der Waals surface area contributed by atoms with Gasteiger partial charge in [0.25, 0.3) is 11.8 Å². The Morgan fingerprint density at radius 3 is 1.51 bits per heavy atom. The zero-order valence-electron chi connectivity index (χ0n) is 38.5. The van der Waals surface area contributed by atoms with Crippen LogP contribution < -0.4 is 10.6 Å². The monoisotopic (exact) mass is 928 g/mol. The molecule has 12 heteroatoms. The zero-order chi connectivity index (χ0) is 48.8. The van der Waals surface area contributed by atoms with Gasteiger partial charge in [-0.2, -0.15) is 15.3 Å². The molecule has 0 fully saturated rings. The molecule has 4 N–H and O–H groups in total. The van der Waals surface area contributed by atoms with Crippen LogP contribution in [0.2, 0.25) is 0 Å². The van der Waals surface area contributed by atoms with Crippen LogP contribution in [0.3, 0.4) is 0 Å². The van der Waals surface area contributed by atoms with E-state index in [4.69, 9.17) is 5.10 Å². The van der Waals surface area contributed by atoms with Crippen molar-refractivity contribution in [3.05, 3.63) is 228 Å². The summed E-state index contributed by atoms with van der Waals surface area (Å²) in [6.45, 7) is 3.81. The number of hydrogen-bond donors (Lipinski definition) is 4. The first kappa shape index (κ1) is 45.0. The van der Waals surface area contributed by atoms with Crippen molar-refractivity contribution in [2.75, 3.05) is 10.6 Å². The molecule has 0 aliphatic carbocycles. The Morgan fingerprint density at radius 2 is 0.986 bits per heavy atom. The lowest BCUT2D eigenvalue weighted by molar-refractivity contribution is 0.101. The van der Waals surface area contributed by atoms with Crippen molar-refractivity contribution < 1.29 is 19.8 Å². The van der Waals surface area contributed by atoms with Gasteiger partial charge < -0.3 is 20.8 Å². The second-order valence-electron chi connectivity index (χ2n) is 16.8. The predicted octanol–water partition coefficient (Wildman–Crippen LogP) is 15.4. The average molecular weight is 929 g/mol. The third-order valence-electron chi connectivity index (χ3n) is 12.0. The van der Waals surface area contributed by atoms with E-state index in [9.17, 15) is 19.8 Å². The second kappa shape index (κ2) is 19.8. The number of hydrogen-bond acceptors (Lipinski definition) is 9. The molecule has 12 nitrogen and oxygen atoms in total. The summed E-state index contributed by atoms with van der Waals surface area (Å²) >= 11 is 0. The van der Waals surface area contributed by atoms with Crippen LogP contribution in [0.1, 0.15) is 43.0 Å². The van der Waals surface area contributed by atoms with E-state index in [0.29, 0.717) is 33.5 Å². The Labute approximate surface area is 408 Å². The highest BCUT2D eigenvalue weighted by molar-refractivity contribution is 6.13. The standard InChI is InChI=1S/C59H44N8O4/c1-37-14-6-12-22-51(37)60-58(70)49-34-41-18-8-10-20-47(41)54(56(49)68)64-62-44-28-25-39(26-29-44)24-27-43-36-67(66-53(43)40-16-4-3-5-17-40)46-32-30-45(31-33-46)63-65-55-48-21-11-9-19-42(48)35-50(57(55)69)59(71)61-52-23-13-7-15-38(52)2/h3-36,68-69H,1-2H3,(H,60,70)(H,61,71)/b27-24+,64-62+,65-63+. The molecule has 0 bridgehead atoms. The van der Waals surface area contributed by atoms with Gasteiger partial charge >= 0.3 is 0 Å². The number of amides is 2. The molecule has 2 amide bonds. The summed E-state index contributed by atoms with van der Waals surface area (Å²) in [5, 5.41) is 54.3. The molecule has 0 aliphatic rings. The Balaban J connectivity index is 0.881. The number of phenols is 2. The van der Waals surface area contributed by atoms with Crippen LogP contribution in [-0.4, -0.2) is 31.8 Å². The van der Waals surface area contributed by atoms with Crippen LogP contribution in [-0.2, 0) is 0 Å². The van der Waals surface area contributed by atoms with Crippen molar-refractivity contribution in [2.45, 2.75) is 13.8 Å². The Morgan fingerprint density at radius 1 is 0.521 bits per heavy atom. The maximum Gasteiger partial charge on any atom is 0.259 e. The van der Waals surface area contributed by atoms with E-state index in [2.05, 4.69) is 31.1 Å². The molecular formula is C59H44N8O4. The minimum Gasteiger partial charge on any atom is -0.505 e. The van der Waals surface area contributed by atoms with Crippen LogP contribution in [0.5, 0.6) is 11.5 Å². The number of azo groups is 2. The molecule has 1 heterocycles. The van der Waals surface area contributed by atoms with Crippen LogP contribution >= 0.6 is 0 Å². The smallest absolute Gasteiger partial charge is 0.259 e. The summed E-state index contributed by atoms with van der Waals surface area (Å²) in [7, 11) is 0. The number of rotatable bonds is 12. The number of anilines is 2. The van der Waals surface area contributed by atoms with Gasteiger partial charge in [0.05, 0.1) is 33.9 Å². The fraction of sp³-hybridized carbons (Fsp3) is 0.0339. The molecule has 10 aromatic rings. The molecule has 1 aromatic heterocycles. The first-order valence-electron chi connectivity index (χ1n) is 22.8. The van der Waals surface area contributed by atoms with Gasteiger partial charge in [-0.3, -0.25) is 9.59 Å². The van der Waals surface area contributed by atoms with Crippen LogP contribution in [0, 0.1) is 13.8 Å². The molecule has 0 atom stereocenters. The number of benzene rings is 9. The van der Waals surface area contributed by atoms with Crippen LogP contribution in [0.25, 0.3) is 50.6 Å². The van der Waals surface area contributed by atoms with E-state index in [1.54, 1.807) is 12.1 Å². The Kier molecular flexibility index (Phi) is 12.6. The van der Waals surface area contributed by atoms with Gasteiger partial charge in [-0.1, -0.05) is 140 Å². The van der Waals surface area contributed by atoms with Gasteiger partial charge in [0, 0.05) is 39.5 Å². The first-order valence-corrected chi connectivity index (χ1v) is 22.8. The fourth-order valence-corrected chi connectivity index (χ4v) is 8.18. The van der Waals surface area contributed by atoms with Crippen LogP contribution in [0.4, 0.5) is 34.1 Å². The minimum atomic E-state index is -0.457. The third-order valence-corrected chi connectivity index (χ3v) is 12.0. The highest BCUT2D eigenvalue weighted by atomic mass is 16.3. The number of carbonyl (C=O) groups is 2. The molecule has 0 unspecified atom stereocenters. The van der Waals surface area contributed by atoms with E-state index in [1.165, 1.54) is 0 Å². The second-order valence-corrected chi connectivity index (χ2v) is 16.8. The van der Waals surface area contributed by atoms with Gasteiger partial charge in [0.15, 0.2) is 11.5 Å². The summed E-state index contributed by atoms with van der Waals surface area (Å²) in [5.41, 5.74) is 9.06. The number of aryl methyl sites for hydroxylation is 2. The largest absolute Gasteiger partial charge is 0.505 e. The summed E-state index contributed by atoms with van der Waals surface area (Å²) in [5.74, 6) is -1.44. The Bertz CT molecular complexity index is 3730. The normalized spacial score (nSPS) is 11.6. The highest BCUT2D eigenvalue weighted by Crippen LogP contribution is 2.41. The summed E-state index contributed by atoms with van der Waals surface area (Å²) in [4.78, 5) is 26.9. The van der Waals surface area contributed by atoms with Gasteiger partial charge in [-0.25, -0.2) is 4.68 Å². The predicted molar refractivity (Wildman–Crippen MR) is 282 cm³/mol. The molecule has 0 saturated heterocycles. The molecular weight excluding hydrogens is 885 g/mol. The lowest BCUT2D eigenvalue weighted by Crippen LogP contribution is -2.13. The van der Waals surface area contributed by atoms with Gasteiger partial charge in [0.2, 0.25) is 0 Å². The quantitative estimate of drug-likeness (QED) is 0.0894. The van der Waals surface area contributed by atoms with E-state index >= 15 is 0 Å². The van der Waals surface area contributed by atoms with Crippen molar-refractivity contribution in [3.63, 3.8) is 0 Å². The zero-order valence-corrected chi connectivity index (χ0v) is 38.5. The molecule has 9 aromatic carbocycles. The van der Waals surface area contributed by atoms with Gasteiger partial charge in [0.1, 0.15) is 11.4 Å². The topological polar surface area (TPSA) is 166 Å². The van der Waals surface area contributed by atoms with Crippen molar-refractivity contribution >= 4 is 79.6 Å². The number of carbonyl (C=O) groups excluding carboxylic acids is 2. The molecule has 0 spiro atoms. The molecule has 0 radical (unpaired) electrons. The lowest BCUT2D eigenvalue weighted by Gasteiger charge is -2.12. The molecule has 344 valence electrons. The first-order chi connectivity index (χ1) is 34.7. The van der Waals surface area contributed by atoms with E-state index in [0.717, 1.165) is 50.0 Å². The summed E-state index contributed by atoms with van der Waals surface area (Å²) in [6, 6.07) is 57.9. The molecule has 0 aliphatic heterocycles. The lowest BCUT2D eigenvalue weighted by atomic mass is 10.0. The maximum absolute atomic E-state index is 13.5. The minimum absolute atomic E-state index is 0.0878. The van der Waals surface area contributed by atoms with E-state index < -0.39 is 11.8 Å². The van der Waals surface area contributed by atoms with Crippen molar-refractivity contribution in [1.82, 2.24) is 9.78 Å². The van der Waals surface area contributed by atoms with Crippen molar-refractivity contribution in [1.29, 1.82) is 0 Å². The molecule has 0 saturated carbocycles. The fourth-order valence-electron chi connectivity index (χ4n) is 8.18. The molecule has 10 rings (SSSR count). The number of aromatic nitrogens is 2. The third kappa shape index (κ3) is 9.67. The number of phenolic OH excluding ortho intramolecular Hbond substituents is 2. The van der Waals surface area contributed by atoms with Crippen LogP contribution in [0.15, 0.2) is 215 Å². The maximum atomic E-state index is 13.5. The average Bonchev–Trinajstić information content (AvgIpc) is 3.83. The summed E-state index contributed by atoms with van der Waals surface area (Å²) < 4.78 is 1.81. The Hall–Kier alpha value is -9.81. The van der Waals surface area contributed by atoms with Crippen molar-refractivity contribution in [3.8, 4) is 28.4 Å². The number of fused-ring (bicyclic) bond motifs is 2. The highest BCUT2D eigenvalue weighted by Gasteiger charge is 2.21. The molecule has 71 heavy (non-hydrogen) atoms. The number of para-hydroxylation sites is 2. The number of aromatic hydroxyl groups is 2. The SMILES string of the molecule is Cc1ccccc1NC(=O)c1cc2ccccc2c(/N=N/c2ccc(/C=C/c3cn(-c4ccc(/N=N/c5c(O)c(C(=O)Nc6ccccc6C)cc6ccccc56)cc4)nc3-c3ccccc3)cc2)c1O. The van der Waals surface area contributed by atoms with E-state index in [-0.39, 0.29) is 34.0 Å². The van der Waals surface area contributed by atoms with Gasteiger partial charge in [-0.15, -0.1) is 10.2 Å². The van der Waals surface area contributed by atoms with E-state index in [1.807, 2.05) is 213 Å². The van der Waals surface area contributed by atoms with Crippen molar-refractivity contribution in [2.24, 2.45) is 20.5 Å². The number of nitrogens with one attached hydrogen (secondary N) is 2. The summed E-state index contributed by atoms with van der Waals surface area (Å²) in [6.07, 6.45) is 5.96. The van der Waals surface area contributed by atoms with Gasteiger partial charge in [-0.05, 0) is 102 Å².